The van der Waals surface area contributed by atoms with Gasteiger partial charge in [-0.2, -0.15) is 0 Å². The van der Waals surface area contributed by atoms with Crippen LogP contribution >= 0.6 is 12.2 Å². The lowest BCUT2D eigenvalue weighted by Gasteiger charge is -2.32. The minimum atomic E-state index is 0.643. The van der Waals surface area contributed by atoms with Gasteiger partial charge in [-0.15, -0.1) is 0 Å². The number of nitrogens with one attached hydrogen (secondary N) is 1. The van der Waals surface area contributed by atoms with E-state index in [1.165, 1.54) is 47.3 Å². The van der Waals surface area contributed by atoms with E-state index in [9.17, 15) is 0 Å². The molecule has 0 atom stereocenters. The molecule has 0 amide bonds. The van der Waals surface area contributed by atoms with Crippen LogP contribution in [0.15, 0.2) is 36.4 Å². The van der Waals surface area contributed by atoms with Crippen LogP contribution in [-0.4, -0.2) is 43.4 Å². The summed E-state index contributed by atoms with van der Waals surface area (Å²) in [6.07, 6.45) is 3.58. The Morgan fingerprint density at radius 3 is 2.80 bits per heavy atom. The van der Waals surface area contributed by atoms with E-state index in [-0.39, 0.29) is 0 Å². The van der Waals surface area contributed by atoms with Crippen LogP contribution in [0.5, 0.6) is 0 Å². The third kappa shape index (κ3) is 5.73. The Labute approximate surface area is 187 Å². The summed E-state index contributed by atoms with van der Waals surface area (Å²) in [4.78, 5) is 4.73. The maximum absolute atomic E-state index is 5.80. The lowest BCUT2D eigenvalue weighted by Crippen LogP contribution is -2.37. The van der Waals surface area contributed by atoms with Gasteiger partial charge in [0.1, 0.15) is 0 Å². The van der Waals surface area contributed by atoms with Crippen molar-refractivity contribution in [2.24, 2.45) is 0 Å². The average Bonchev–Trinajstić information content (AvgIpc) is 2.74. The largest absolute Gasteiger partial charge is 0.383 e. The summed E-state index contributed by atoms with van der Waals surface area (Å²) in [5.41, 5.74) is 7.66. The van der Waals surface area contributed by atoms with Crippen LogP contribution in [0.3, 0.4) is 0 Å². The van der Waals surface area contributed by atoms with Crippen molar-refractivity contribution in [2.75, 3.05) is 43.6 Å². The zero-order chi connectivity index (χ0) is 21.5. The fraction of sp³-hybridized carbons (Fsp3) is 0.480. The summed E-state index contributed by atoms with van der Waals surface area (Å²) in [6, 6.07) is 13.3. The van der Waals surface area contributed by atoms with Crippen molar-refractivity contribution in [3.8, 4) is 0 Å². The van der Waals surface area contributed by atoms with Gasteiger partial charge in [0.15, 0.2) is 5.11 Å². The number of thiocarbonyl (C=S) groups is 1. The number of aryl methyl sites for hydroxylation is 3. The molecule has 162 valence electrons. The van der Waals surface area contributed by atoms with Crippen LogP contribution in [0.2, 0.25) is 0 Å². The zero-order valence-corrected chi connectivity index (χ0v) is 19.6. The van der Waals surface area contributed by atoms with E-state index in [0.717, 1.165) is 36.9 Å². The molecule has 0 radical (unpaired) electrons. The molecule has 0 unspecified atom stereocenters. The van der Waals surface area contributed by atoms with Crippen LogP contribution in [0.25, 0.3) is 0 Å². The van der Waals surface area contributed by atoms with Gasteiger partial charge in [0.2, 0.25) is 0 Å². The van der Waals surface area contributed by atoms with Gasteiger partial charge in [0, 0.05) is 44.7 Å². The number of benzene rings is 2. The molecule has 1 aliphatic rings. The fourth-order valence-electron chi connectivity index (χ4n) is 4.07. The van der Waals surface area contributed by atoms with Gasteiger partial charge in [0.05, 0.1) is 6.61 Å². The fourth-order valence-corrected chi connectivity index (χ4v) is 4.33. The lowest BCUT2D eigenvalue weighted by atomic mass is 9.99. The standard InChI is InChI=1S/C25H35N3OS/c1-5-12-27-13-6-7-22-17-21(10-11-24(22)27)18-28(14-15-29-4)25(30)26-23-16-19(2)8-9-20(23)3/h8-11,16-17H,5-7,12-15,18H2,1-4H3,(H,26,30). The molecule has 1 aliphatic heterocycles. The molecular formula is C25H35N3OS. The molecule has 5 heteroatoms. The van der Waals surface area contributed by atoms with Crippen LogP contribution in [0, 0.1) is 13.8 Å². The second-order valence-corrected chi connectivity index (χ2v) is 8.60. The van der Waals surface area contributed by atoms with Crippen LogP contribution in [0.1, 0.15) is 42.0 Å². The van der Waals surface area contributed by atoms with E-state index in [1.54, 1.807) is 7.11 Å². The maximum Gasteiger partial charge on any atom is 0.173 e. The highest BCUT2D eigenvalue weighted by Crippen LogP contribution is 2.28. The molecule has 0 bridgehead atoms. The molecule has 30 heavy (non-hydrogen) atoms. The summed E-state index contributed by atoms with van der Waals surface area (Å²) in [6.45, 7) is 10.9. The van der Waals surface area contributed by atoms with Gasteiger partial charge in [0.25, 0.3) is 0 Å². The van der Waals surface area contributed by atoms with Crippen molar-refractivity contribution in [2.45, 2.75) is 46.6 Å². The Morgan fingerprint density at radius 2 is 2.03 bits per heavy atom. The molecule has 2 aromatic carbocycles. The smallest absolute Gasteiger partial charge is 0.173 e. The summed E-state index contributed by atoms with van der Waals surface area (Å²) in [5, 5.41) is 4.20. The SMILES string of the molecule is CCCN1CCCc2cc(CN(CCOC)C(=S)Nc3cc(C)ccc3C)ccc21. The van der Waals surface area contributed by atoms with Crippen molar-refractivity contribution in [3.05, 3.63) is 58.7 Å². The number of nitrogens with zero attached hydrogens (tertiary/aromatic N) is 2. The second-order valence-electron chi connectivity index (χ2n) is 8.22. The van der Waals surface area contributed by atoms with Crippen molar-refractivity contribution in [3.63, 3.8) is 0 Å². The van der Waals surface area contributed by atoms with E-state index >= 15 is 0 Å². The molecule has 1 N–H and O–H groups in total. The summed E-state index contributed by atoms with van der Waals surface area (Å²) in [5.74, 6) is 0. The minimum Gasteiger partial charge on any atom is -0.383 e. The van der Waals surface area contributed by atoms with Gasteiger partial charge in [-0.25, -0.2) is 0 Å². The molecule has 0 saturated heterocycles. The first-order valence-electron chi connectivity index (χ1n) is 11.0. The van der Waals surface area contributed by atoms with E-state index in [1.807, 2.05) is 0 Å². The highest BCUT2D eigenvalue weighted by Gasteiger charge is 2.18. The predicted molar refractivity (Wildman–Crippen MR) is 132 cm³/mol. The third-order valence-electron chi connectivity index (χ3n) is 5.71. The number of hydrogen-bond acceptors (Lipinski definition) is 3. The van der Waals surface area contributed by atoms with Crippen LogP contribution in [0.4, 0.5) is 11.4 Å². The number of fused-ring (bicyclic) bond motifs is 1. The highest BCUT2D eigenvalue weighted by molar-refractivity contribution is 7.80. The number of hydrogen-bond donors (Lipinski definition) is 1. The van der Waals surface area contributed by atoms with Gasteiger partial charge in [-0.3, -0.25) is 0 Å². The molecule has 2 aromatic rings. The Hall–Kier alpha value is -2.11. The number of methoxy groups -OCH3 is 1. The zero-order valence-electron chi connectivity index (χ0n) is 18.8. The molecule has 0 aliphatic carbocycles. The number of rotatable bonds is 8. The topological polar surface area (TPSA) is 27.7 Å². The normalized spacial score (nSPS) is 13.1. The van der Waals surface area contributed by atoms with Crippen molar-refractivity contribution in [1.82, 2.24) is 4.90 Å². The Kier molecular flexibility index (Phi) is 8.11. The van der Waals surface area contributed by atoms with Crippen molar-refractivity contribution in [1.29, 1.82) is 0 Å². The van der Waals surface area contributed by atoms with Gasteiger partial charge >= 0.3 is 0 Å². The van der Waals surface area contributed by atoms with Gasteiger partial charge in [-0.05, 0) is 79.7 Å². The van der Waals surface area contributed by atoms with E-state index < -0.39 is 0 Å². The van der Waals surface area contributed by atoms with E-state index in [4.69, 9.17) is 17.0 Å². The summed E-state index contributed by atoms with van der Waals surface area (Å²) < 4.78 is 5.35. The molecule has 0 spiro atoms. The first kappa shape index (κ1) is 22.6. The predicted octanol–water partition coefficient (Wildman–Crippen LogP) is 5.31. The molecule has 1 heterocycles. The third-order valence-corrected chi connectivity index (χ3v) is 6.07. The first-order chi connectivity index (χ1) is 14.5. The quantitative estimate of drug-likeness (QED) is 0.579. The molecular weight excluding hydrogens is 390 g/mol. The summed E-state index contributed by atoms with van der Waals surface area (Å²) in [7, 11) is 1.74. The summed E-state index contributed by atoms with van der Waals surface area (Å²) >= 11 is 5.80. The molecule has 0 fully saturated rings. The van der Waals surface area contributed by atoms with Crippen LogP contribution in [-0.2, 0) is 17.7 Å². The number of anilines is 2. The van der Waals surface area contributed by atoms with Crippen molar-refractivity contribution >= 4 is 28.7 Å². The Morgan fingerprint density at radius 1 is 1.20 bits per heavy atom. The molecule has 4 nitrogen and oxygen atoms in total. The van der Waals surface area contributed by atoms with E-state index in [2.05, 4.69) is 72.3 Å². The lowest BCUT2D eigenvalue weighted by molar-refractivity contribution is 0.175. The number of ether oxygens (including phenoxy) is 1. The molecule has 0 aromatic heterocycles. The monoisotopic (exact) mass is 425 g/mol. The first-order valence-corrected chi connectivity index (χ1v) is 11.4. The highest BCUT2D eigenvalue weighted by atomic mass is 32.1. The van der Waals surface area contributed by atoms with Crippen molar-refractivity contribution < 1.29 is 4.74 Å². The maximum atomic E-state index is 5.80. The Bertz CT molecular complexity index is 867. The van der Waals surface area contributed by atoms with Gasteiger partial charge in [-0.1, -0.05) is 31.2 Å². The molecule has 3 rings (SSSR count). The second kappa shape index (κ2) is 10.8. The minimum absolute atomic E-state index is 0.643. The Balaban J connectivity index is 1.76. The molecule has 0 saturated carbocycles. The average molecular weight is 426 g/mol. The van der Waals surface area contributed by atoms with Gasteiger partial charge < -0.3 is 19.9 Å². The van der Waals surface area contributed by atoms with E-state index in [0.29, 0.717) is 6.61 Å². The van der Waals surface area contributed by atoms with Crippen LogP contribution < -0.4 is 10.2 Å².